The summed E-state index contributed by atoms with van der Waals surface area (Å²) >= 11 is 0. The summed E-state index contributed by atoms with van der Waals surface area (Å²) in [6, 6.07) is 7.70. The predicted octanol–water partition coefficient (Wildman–Crippen LogP) is 3.22. The molecule has 0 amide bonds. The van der Waals surface area contributed by atoms with Crippen molar-refractivity contribution in [1.82, 2.24) is 0 Å². The summed E-state index contributed by atoms with van der Waals surface area (Å²) in [5.41, 5.74) is 1.01. The zero-order valence-corrected chi connectivity index (χ0v) is 12.2. The summed E-state index contributed by atoms with van der Waals surface area (Å²) < 4.78 is 0. The third kappa shape index (κ3) is 1.99. The van der Waals surface area contributed by atoms with Crippen LogP contribution in [0.4, 0.5) is 0 Å². The highest BCUT2D eigenvalue weighted by Crippen LogP contribution is 2.38. The van der Waals surface area contributed by atoms with Crippen LogP contribution in [0.3, 0.4) is 0 Å². The van der Waals surface area contributed by atoms with Crippen molar-refractivity contribution in [3.8, 4) is 11.5 Å². The second-order valence-corrected chi connectivity index (χ2v) is 5.46. The molecular weight excluding hydrogens is 280 g/mol. The van der Waals surface area contributed by atoms with E-state index < -0.39 is 5.78 Å². The van der Waals surface area contributed by atoms with Crippen molar-refractivity contribution >= 4 is 11.6 Å². The standard InChI is InChI=1S/C18H16O4/c1-2-3-5-10-8-9-12-15(16(10)20)18(22)14-11(17(12)21)6-4-7-13(14)19/h4,6-9,19-20H,2-3,5H2,1H3. The van der Waals surface area contributed by atoms with Gasteiger partial charge in [0.25, 0.3) is 0 Å². The average molecular weight is 296 g/mol. The van der Waals surface area contributed by atoms with Crippen molar-refractivity contribution in [2.24, 2.45) is 0 Å². The molecule has 22 heavy (non-hydrogen) atoms. The lowest BCUT2D eigenvalue weighted by Crippen LogP contribution is -2.21. The second-order valence-electron chi connectivity index (χ2n) is 5.46. The van der Waals surface area contributed by atoms with Gasteiger partial charge in [0.2, 0.25) is 5.78 Å². The molecule has 0 spiro atoms. The van der Waals surface area contributed by atoms with Crippen molar-refractivity contribution < 1.29 is 19.8 Å². The molecular formula is C18H16O4. The summed E-state index contributed by atoms with van der Waals surface area (Å²) in [6.07, 6.45) is 2.49. The number of phenolic OH excluding ortho intramolecular Hbond substituents is 2. The number of carbonyl (C=O) groups excluding carboxylic acids is 2. The molecule has 0 bridgehead atoms. The highest BCUT2D eigenvalue weighted by molar-refractivity contribution is 6.30. The lowest BCUT2D eigenvalue weighted by Gasteiger charge is -2.20. The maximum Gasteiger partial charge on any atom is 0.201 e. The number of aromatic hydroxyl groups is 2. The minimum atomic E-state index is -0.501. The van der Waals surface area contributed by atoms with Crippen LogP contribution in [0.1, 0.15) is 57.2 Å². The molecule has 2 aromatic carbocycles. The van der Waals surface area contributed by atoms with Gasteiger partial charge in [-0.25, -0.2) is 0 Å². The van der Waals surface area contributed by atoms with E-state index in [0.717, 1.165) is 12.8 Å². The monoisotopic (exact) mass is 296 g/mol. The molecule has 0 heterocycles. The molecule has 0 atom stereocenters. The Morgan fingerprint density at radius 1 is 0.909 bits per heavy atom. The van der Waals surface area contributed by atoms with Crippen LogP contribution in [-0.4, -0.2) is 21.8 Å². The third-order valence-corrected chi connectivity index (χ3v) is 4.05. The summed E-state index contributed by atoms with van der Waals surface area (Å²) in [5, 5.41) is 20.3. The van der Waals surface area contributed by atoms with E-state index in [2.05, 4.69) is 0 Å². The molecule has 0 fully saturated rings. The minimum Gasteiger partial charge on any atom is -0.507 e. The first-order valence-electron chi connectivity index (χ1n) is 7.32. The number of ketones is 2. The molecule has 4 heteroatoms. The van der Waals surface area contributed by atoms with Gasteiger partial charge in [-0.05, 0) is 30.5 Å². The number of unbranched alkanes of at least 4 members (excludes halogenated alkanes) is 1. The Morgan fingerprint density at radius 2 is 1.64 bits per heavy atom. The molecule has 0 saturated heterocycles. The van der Waals surface area contributed by atoms with Gasteiger partial charge >= 0.3 is 0 Å². The topological polar surface area (TPSA) is 74.6 Å². The number of aryl methyl sites for hydroxylation is 1. The summed E-state index contributed by atoms with van der Waals surface area (Å²) in [4.78, 5) is 25.2. The second kappa shape index (κ2) is 5.30. The quantitative estimate of drug-likeness (QED) is 0.778. The molecule has 3 rings (SSSR count). The van der Waals surface area contributed by atoms with Crippen LogP contribution in [0.5, 0.6) is 11.5 Å². The first kappa shape index (κ1) is 14.3. The average Bonchev–Trinajstić information content (AvgIpc) is 2.51. The Balaban J connectivity index is 2.20. The number of hydrogen-bond acceptors (Lipinski definition) is 4. The van der Waals surface area contributed by atoms with Crippen LogP contribution in [0, 0.1) is 0 Å². The van der Waals surface area contributed by atoms with Crippen LogP contribution >= 0.6 is 0 Å². The molecule has 112 valence electrons. The van der Waals surface area contributed by atoms with Gasteiger partial charge in [0.1, 0.15) is 11.5 Å². The van der Waals surface area contributed by atoms with Crippen molar-refractivity contribution in [3.05, 3.63) is 58.1 Å². The largest absolute Gasteiger partial charge is 0.507 e. The lowest BCUT2D eigenvalue weighted by molar-refractivity contribution is 0.0974. The predicted molar refractivity (Wildman–Crippen MR) is 81.7 cm³/mol. The molecule has 2 aromatic rings. The first-order valence-corrected chi connectivity index (χ1v) is 7.32. The Kier molecular flexibility index (Phi) is 3.45. The van der Waals surface area contributed by atoms with E-state index in [0.29, 0.717) is 12.0 Å². The smallest absolute Gasteiger partial charge is 0.201 e. The molecule has 4 nitrogen and oxygen atoms in total. The Morgan fingerprint density at radius 3 is 2.36 bits per heavy atom. The maximum atomic E-state index is 12.6. The zero-order valence-electron chi connectivity index (χ0n) is 12.2. The highest BCUT2D eigenvalue weighted by atomic mass is 16.3. The van der Waals surface area contributed by atoms with E-state index in [9.17, 15) is 19.8 Å². The van der Waals surface area contributed by atoms with E-state index in [1.165, 1.54) is 18.2 Å². The van der Waals surface area contributed by atoms with E-state index >= 15 is 0 Å². The molecule has 0 aromatic heterocycles. The normalized spacial score (nSPS) is 13.0. The number of hydrogen-bond donors (Lipinski definition) is 2. The Labute approximate surface area is 128 Å². The van der Waals surface area contributed by atoms with Gasteiger partial charge in [0.05, 0.1) is 11.1 Å². The molecule has 0 aliphatic heterocycles. The van der Waals surface area contributed by atoms with Crippen LogP contribution in [0.25, 0.3) is 0 Å². The molecule has 0 unspecified atom stereocenters. The Bertz CT molecular complexity index is 790. The lowest BCUT2D eigenvalue weighted by atomic mass is 9.82. The highest BCUT2D eigenvalue weighted by Gasteiger charge is 2.34. The van der Waals surface area contributed by atoms with Gasteiger partial charge in [-0.15, -0.1) is 0 Å². The SMILES string of the molecule is CCCCc1ccc2c(c1O)C(=O)c1c(O)cccc1C2=O. The van der Waals surface area contributed by atoms with Crippen LogP contribution in [-0.2, 0) is 6.42 Å². The number of rotatable bonds is 3. The van der Waals surface area contributed by atoms with E-state index in [1.807, 2.05) is 6.92 Å². The van der Waals surface area contributed by atoms with Crippen LogP contribution in [0.2, 0.25) is 0 Å². The fourth-order valence-corrected chi connectivity index (χ4v) is 2.86. The molecule has 2 N–H and O–H groups in total. The van der Waals surface area contributed by atoms with Crippen LogP contribution in [0.15, 0.2) is 30.3 Å². The minimum absolute atomic E-state index is 0.00704. The van der Waals surface area contributed by atoms with E-state index in [4.69, 9.17) is 0 Å². The van der Waals surface area contributed by atoms with Gasteiger partial charge < -0.3 is 10.2 Å². The molecule has 1 aliphatic carbocycles. The maximum absolute atomic E-state index is 12.6. The first-order chi connectivity index (χ1) is 10.6. The fourth-order valence-electron chi connectivity index (χ4n) is 2.86. The van der Waals surface area contributed by atoms with Gasteiger partial charge in [-0.2, -0.15) is 0 Å². The number of carbonyl (C=O) groups is 2. The molecule has 0 saturated carbocycles. The number of benzene rings is 2. The fraction of sp³-hybridized carbons (Fsp3) is 0.222. The number of fused-ring (bicyclic) bond motifs is 2. The van der Waals surface area contributed by atoms with E-state index in [-0.39, 0.29) is 39.5 Å². The van der Waals surface area contributed by atoms with Crippen molar-refractivity contribution in [2.75, 3.05) is 0 Å². The Hall–Kier alpha value is -2.62. The number of phenols is 2. The van der Waals surface area contributed by atoms with Crippen molar-refractivity contribution in [3.63, 3.8) is 0 Å². The third-order valence-electron chi connectivity index (χ3n) is 4.05. The zero-order chi connectivity index (χ0) is 15.9. The summed E-state index contributed by atoms with van der Waals surface area (Å²) in [6.45, 7) is 2.04. The summed E-state index contributed by atoms with van der Waals surface area (Å²) in [5.74, 6) is -1.23. The van der Waals surface area contributed by atoms with Gasteiger partial charge in [-0.1, -0.05) is 31.5 Å². The van der Waals surface area contributed by atoms with Gasteiger partial charge in [0.15, 0.2) is 5.78 Å². The molecule has 0 radical (unpaired) electrons. The van der Waals surface area contributed by atoms with Crippen molar-refractivity contribution in [2.45, 2.75) is 26.2 Å². The van der Waals surface area contributed by atoms with Gasteiger partial charge in [0, 0.05) is 11.1 Å². The van der Waals surface area contributed by atoms with Gasteiger partial charge in [-0.3, -0.25) is 9.59 Å². The van der Waals surface area contributed by atoms with Crippen LogP contribution < -0.4 is 0 Å². The van der Waals surface area contributed by atoms with E-state index in [1.54, 1.807) is 12.1 Å². The summed E-state index contributed by atoms with van der Waals surface area (Å²) in [7, 11) is 0. The van der Waals surface area contributed by atoms with Crippen molar-refractivity contribution in [1.29, 1.82) is 0 Å². The molecule has 1 aliphatic rings.